The van der Waals surface area contributed by atoms with Gasteiger partial charge in [-0.3, -0.25) is 9.59 Å². The van der Waals surface area contributed by atoms with Gasteiger partial charge in [-0.25, -0.2) is 0 Å². The summed E-state index contributed by atoms with van der Waals surface area (Å²) < 4.78 is 5.27. The number of amides is 1. The lowest BCUT2D eigenvalue weighted by molar-refractivity contribution is -0.127. The summed E-state index contributed by atoms with van der Waals surface area (Å²) in [6, 6.07) is 0. The third-order valence-electron chi connectivity index (χ3n) is 2.12. The molecule has 4 nitrogen and oxygen atoms in total. The summed E-state index contributed by atoms with van der Waals surface area (Å²) in [5.74, 6) is 0.0620. The quantitative estimate of drug-likeness (QED) is 0.642. The fourth-order valence-corrected chi connectivity index (χ4v) is 1.10. The van der Waals surface area contributed by atoms with Crippen molar-refractivity contribution in [1.29, 1.82) is 0 Å². The molecule has 0 unspecified atom stereocenters. The zero-order chi connectivity index (χ0) is 12.6. The Hall–Kier alpha value is -0.900. The second-order valence-electron chi connectivity index (χ2n) is 4.39. The van der Waals surface area contributed by atoms with Crippen LogP contribution in [0.4, 0.5) is 0 Å². The zero-order valence-corrected chi connectivity index (χ0v) is 10.7. The average molecular weight is 229 g/mol. The lowest BCUT2D eigenvalue weighted by Gasteiger charge is -2.08. The number of ether oxygens (including phenoxy) is 1. The van der Waals surface area contributed by atoms with Crippen molar-refractivity contribution >= 4 is 11.7 Å². The third-order valence-corrected chi connectivity index (χ3v) is 2.12. The molecule has 0 saturated heterocycles. The predicted molar refractivity (Wildman–Crippen MR) is 63.2 cm³/mol. The molecular formula is C12H23NO3. The van der Waals surface area contributed by atoms with E-state index >= 15 is 0 Å². The van der Waals surface area contributed by atoms with Gasteiger partial charge >= 0.3 is 0 Å². The van der Waals surface area contributed by atoms with Gasteiger partial charge in [0.25, 0.3) is 0 Å². The Morgan fingerprint density at radius 3 is 2.25 bits per heavy atom. The first kappa shape index (κ1) is 15.1. The normalized spacial score (nSPS) is 10.9. The van der Waals surface area contributed by atoms with Crippen LogP contribution in [-0.4, -0.2) is 30.9 Å². The highest BCUT2D eigenvalue weighted by molar-refractivity contribution is 5.85. The van der Waals surface area contributed by atoms with Gasteiger partial charge in [-0.1, -0.05) is 13.8 Å². The summed E-state index contributed by atoms with van der Waals surface area (Å²) >= 11 is 0. The van der Waals surface area contributed by atoms with E-state index in [4.69, 9.17) is 4.74 Å². The molecule has 0 rings (SSSR count). The minimum Gasteiger partial charge on any atom is -0.377 e. The molecule has 1 N–H and O–H groups in total. The van der Waals surface area contributed by atoms with Crippen LogP contribution in [0.25, 0.3) is 0 Å². The Balaban J connectivity index is 3.49. The van der Waals surface area contributed by atoms with Crippen molar-refractivity contribution < 1.29 is 14.3 Å². The number of ketones is 1. The van der Waals surface area contributed by atoms with Crippen molar-refractivity contribution in [3.05, 3.63) is 0 Å². The van der Waals surface area contributed by atoms with Gasteiger partial charge in [0, 0.05) is 25.3 Å². The van der Waals surface area contributed by atoms with Crippen LogP contribution in [0.3, 0.4) is 0 Å². The Morgan fingerprint density at radius 2 is 1.75 bits per heavy atom. The number of rotatable bonds is 8. The van der Waals surface area contributed by atoms with Crippen LogP contribution in [0, 0.1) is 5.92 Å². The van der Waals surface area contributed by atoms with Crippen LogP contribution in [0.1, 0.15) is 40.5 Å². The van der Waals surface area contributed by atoms with Gasteiger partial charge in [0.1, 0.15) is 5.78 Å². The summed E-state index contributed by atoms with van der Waals surface area (Å²) in [7, 11) is 0. The Morgan fingerprint density at radius 1 is 1.12 bits per heavy atom. The minimum atomic E-state index is -0.0821. The first-order valence-electron chi connectivity index (χ1n) is 5.84. The zero-order valence-electron chi connectivity index (χ0n) is 10.7. The van der Waals surface area contributed by atoms with E-state index < -0.39 is 0 Å². The monoisotopic (exact) mass is 229 g/mol. The molecule has 0 aliphatic heterocycles. The molecule has 0 aromatic heterocycles. The van der Waals surface area contributed by atoms with Crippen molar-refractivity contribution in [3.63, 3.8) is 0 Å². The summed E-state index contributed by atoms with van der Waals surface area (Å²) in [6.45, 7) is 8.61. The van der Waals surface area contributed by atoms with E-state index in [1.54, 1.807) is 0 Å². The maximum absolute atomic E-state index is 11.3. The van der Waals surface area contributed by atoms with Crippen molar-refractivity contribution in [3.8, 4) is 0 Å². The van der Waals surface area contributed by atoms with Gasteiger partial charge in [-0.2, -0.15) is 0 Å². The van der Waals surface area contributed by atoms with Crippen LogP contribution < -0.4 is 5.32 Å². The lowest BCUT2D eigenvalue weighted by atomic mass is 10.0. The second kappa shape index (κ2) is 8.28. The first-order valence-corrected chi connectivity index (χ1v) is 5.84. The summed E-state index contributed by atoms with van der Waals surface area (Å²) in [4.78, 5) is 22.6. The molecule has 0 atom stereocenters. The molecule has 0 aromatic rings. The molecule has 4 heteroatoms. The molecule has 0 saturated carbocycles. The Bertz CT molecular complexity index is 224. The van der Waals surface area contributed by atoms with E-state index in [0.717, 1.165) is 0 Å². The largest absolute Gasteiger partial charge is 0.377 e. The van der Waals surface area contributed by atoms with Crippen molar-refractivity contribution in [2.24, 2.45) is 5.92 Å². The molecular weight excluding hydrogens is 206 g/mol. The van der Waals surface area contributed by atoms with Crippen LogP contribution in [0.2, 0.25) is 0 Å². The van der Waals surface area contributed by atoms with Crippen LogP contribution in [0.15, 0.2) is 0 Å². The van der Waals surface area contributed by atoms with Gasteiger partial charge in [-0.05, 0) is 13.8 Å². The fraction of sp³-hybridized carbons (Fsp3) is 0.833. The summed E-state index contributed by atoms with van der Waals surface area (Å²) in [5, 5.41) is 2.72. The predicted octanol–water partition coefficient (Wildman–Crippen LogP) is 1.53. The van der Waals surface area contributed by atoms with Crippen molar-refractivity contribution in [2.75, 3.05) is 13.2 Å². The minimum absolute atomic E-state index is 0.0112. The number of carbonyl (C=O) groups is 2. The molecule has 1 amide bonds. The maximum atomic E-state index is 11.3. The Kier molecular flexibility index (Phi) is 7.81. The van der Waals surface area contributed by atoms with E-state index in [1.165, 1.54) is 0 Å². The molecule has 16 heavy (non-hydrogen) atoms. The van der Waals surface area contributed by atoms with Crippen molar-refractivity contribution in [2.45, 2.75) is 46.6 Å². The Labute approximate surface area is 97.7 Å². The fourth-order valence-electron chi connectivity index (χ4n) is 1.10. The van der Waals surface area contributed by atoms with Gasteiger partial charge in [0.2, 0.25) is 5.91 Å². The number of Topliss-reactive ketones (excluding diaryl/α,β-unsaturated/α-hetero) is 1. The molecule has 0 bridgehead atoms. The van der Waals surface area contributed by atoms with Crippen LogP contribution >= 0.6 is 0 Å². The van der Waals surface area contributed by atoms with E-state index in [1.807, 2.05) is 27.7 Å². The molecule has 0 aliphatic carbocycles. The number of carbonyl (C=O) groups excluding carboxylic acids is 2. The highest BCUT2D eigenvalue weighted by Crippen LogP contribution is 2.01. The topological polar surface area (TPSA) is 55.4 Å². The van der Waals surface area contributed by atoms with Crippen LogP contribution in [0.5, 0.6) is 0 Å². The molecule has 0 fully saturated rings. The molecule has 0 spiro atoms. The average Bonchev–Trinajstić information content (AvgIpc) is 2.20. The van der Waals surface area contributed by atoms with Crippen LogP contribution in [-0.2, 0) is 14.3 Å². The maximum Gasteiger partial charge on any atom is 0.220 e. The number of hydrogen-bond acceptors (Lipinski definition) is 3. The molecule has 0 heterocycles. The molecule has 0 aliphatic rings. The second-order valence-corrected chi connectivity index (χ2v) is 4.39. The first-order chi connectivity index (χ1) is 7.43. The molecule has 0 radical (unpaired) electrons. The summed E-state index contributed by atoms with van der Waals surface area (Å²) in [5.41, 5.74) is 0. The number of nitrogens with one attached hydrogen (secondary N) is 1. The standard InChI is InChI=1S/C12H23NO3/c1-9(2)11(14)5-6-12(15)13-7-8-16-10(3)4/h9-10H,5-8H2,1-4H3,(H,13,15). The van der Waals surface area contributed by atoms with Gasteiger partial charge < -0.3 is 10.1 Å². The third kappa shape index (κ3) is 8.41. The van der Waals surface area contributed by atoms with E-state index in [9.17, 15) is 9.59 Å². The molecule has 94 valence electrons. The molecule has 0 aromatic carbocycles. The highest BCUT2D eigenvalue weighted by atomic mass is 16.5. The lowest BCUT2D eigenvalue weighted by Crippen LogP contribution is -2.28. The van der Waals surface area contributed by atoms with Crippen molar-refractivity contribution in [1.82, 2.24) is 5.32 Å². The smallest absolute Gasteiger partial charge is 0.220 e. The number of hydrogen-bond donors (Lipinski definition) is 1. The summed E-state index contributed by atoms with van der Waals surface area (Å²) in [6.07, 6.45) is 0.784. The highest BCUT2D eigenvalue weighted by Gasteiger charge is 2.09. The van der Waals surface area contributed by atoms with Gasteiger partial charge in [0.15, 0.2) is 0 Å². The SMILES string of the molecule is CC(C)OCCNC(=O)CCC(=O)C(C)C. The van der Waals surface area contributed by atoms with Gasteiger partial charge in [-0.15, -0.1) is 0 Å². The van der Waals surface area contributed by atoms with Gasteiger partial charge in [0.05, 0.1) is 12.7 Å². The van der Waals surface area contributed by atoms with E-state index in [0.29, 0.717) is 19.6 Å². The van der Waals surface area contributed by atoms with E-state index in [-0.39, 0.29) is 30.1 Å². The van der Waals surface area contributed by atoms with E-state index in [2.05, 4.69) is 5.32 Å².